The summed E-state index contributed by atoms with van der Waals surface area (Å²) < 4.78 is 2.01. The van der Waals surface area contributed by atoms with E-state index in [9.17, 15) is 4.79 Å². The molecule has 0 atom stereocenters. The Bertz CT molecular complexity index is 1160. The molecule has 0 unspecified atom stereocenters. The molecule has 28 heavy (non-hydrogen) atoms. The van der Waals surface area contributed by atoms with E-state index in [1.807, 2.05) is 36.4 Å². The molecule has 0 bridgehead atoms. The molecule has 0 saturated heterocycles. The van der Waals surface area contributed by atoms with Crippen LogP contribution in [-0.2, 0) is 6.54 Å². The molecule has 0 N–H and O–H groups in total. The van der Waals surface area contributed by atoms with E-state index in [0.717, 1.165) is 24.9 Å². The van der Waals surface area contributed by atoms with Crippen molar-refractivity contribution in [3.63, 3.8) is 0 Å². The van der Waals surface area contributed by atoms with E-state index >= 15 is 0 Å². The highest BCUT2D eigenvalue weighted by atomic mass is 127. The lowest BCUT2D eigenvalue weighted by molar-refractivity contribution is 0.0984. The van der Waals surface area contributed by atoms with Gasteiger partial charge in [0.2, 0.25) is 0 Å². The third kappa shape index (κ3) is 3.66. The summed E-state index contributed by atoms with van der Waals surface area (Å²) in [5.74, 6) is -0.0534. The summed E-state index contributed by atoms with van der Waals surface area (Å²) in [5, 5.41) is 0.706. The summed E-state index contributed by atoms with van der Waals surface area (Å²) >= 11 is 3.75. The van der Waals surface area contributed by atoms with E-state index < -0.39 is 0 Å². The molecule has 140 valence electrons. The van der Waals surface area contributed by atoms with Crippen LogP contribution in [0, 0.1) is 17.4 Å². The van der Waals surface area contributed by atoms with Gasteiger partial charge >= 0.3 is 0 Å². The minimum atomic E-state index is -0.0534. The van der Waals surface area contributed by atoms with Gasteiger partial charge in [0.05, 0.1) is 22.3 Å². The number of nitrogens with zero attached hydrogens (tertiary/aromatic N) is 3. The van der Waals surface area contributed by atoms with Crippen LogP contribution in [0.3, 0.4) is 0 Å². The Labute approximate surface area is 181 Å². The van der Waals surface area contributed by atoms with Crippen molar-refractivity contribution in [2.75, 3.05) is 4.90 Å². The zero-order valence-corrected chi connectivity index (χ0v) is 18.5. The Kier molecular flexibility index (Phi) is 5.41. The van der Waals surface area contributed by atoms with E-state index in [2.05, 4.69) is 53.6 Å². The molecule has 6 heteroatoms. The highest BCUT2D eigenvalue weighted by molar-refractivity contribution is 14.1. The molecule has 0 aliphatic rings. The number of carbonyl (C=O) groups excluding carboxylic acids is 1. The quantitative estimate of drug-likeness (QED) is 0.336. The van der Waals surface area contributed by atoms with Crippen LogP contribution in [0.4, 0.5) is 5.13 Å². The highest BCUT2D eigenvalue weighted by Gasteiger charge is 2.23. The van der Waals surface area contributed by atoms with Gasteiger partial charge in [0.15, 0.2) is 5.13 Å². The number of hydrogen-bond donors (Lipinski definition) is 0. The summed E-state index contributed by atoms with van der Waals surface area (Å²) in [6, 6.07) is 15.7. The molecule has 0 fully saturated rings. The van der Waals surface area contributed by atoms with Crippen LogP contribution in [0.15, 0.2) is 60.9 Å². The summed E-state index contributed by atoms with van der Waals surface area (Å²) in [5.41, 5.74) is 4.97. The monoisotopic (exact) mass is 499 g/mol. The van der Waals surface area contributed by atoms with Crippen LogP contribution < -0.4 is 4.90 Å². The van der Waals surface area contributed by atoms with E-state index in [-0.39, 0.29) is 5.91 Å². The maximum Gasteiger partial charge on any atom is 0.261 e. The van der Waals surface area contributed by atoms with Gasteiger partial charge in [-0.25, -0.2) is 4.98 Å². The van der Waals surface area contributed by atoms with Gasteiger partial charge in [-0.1, -0.05) is 35.6 Å². The third-order valence-electron chi connectivity index (χ3n) is 4.72. The minimum absolute atomic E-state index is 0.0534. The van der Waals surface area contributed by atoms with Crippen LogP contribution in [0.5, 0.6) is 0 Å². The second-order valence-electron chi connectivity index (χ2n) is 6.58. The number of fused-ring (bicyclic) bond motifs is 1. The Morgan fingerprint density at radius 1 is 1.11 bits per heavy atom. The number of halogens is 1. The second kappa shape index (κ2) is 7.97. The average molecular weight is 499 g/mol. The van der Waals surface area contributed by atoms with E-state index in [4.69, 9.17) is 4.98 Å². The van der Waals surface area contributed by atoms with Crippen molar-refractivity contribution in [3.8, 4) is 0 Å². The summed E-state index contributed by atoms with van der Waals surface area (Å²) in [6.07, 6.45) is 3.53. The Morgan fingerprint density at radius 2 is 1.93 bits per heavy atom. The number of pyridine rings is 1. The number of aryl methyl sites for hydroxylation is 2. The Morgan fingerprint density at radius 3 is 2.68 bits per heavy atom. The molecule has 0 radical (unpaired) electrons. The maximum atomic E-state index is 13.5. The van der Waals surface area contributed by atoms with Crippen LogP contribution >= 0.6 is 33.9 Å². The fourth-order valence-corrected chi connectivity index (χ4v) is 4.65. The molecule has 4 nitrogen and oxygen atoms in total. The number of thiazole rings is 1. The lowest BCUT2D eigenvalue weighted by atomic mass is 10.1. The zero-order valence-electron chi connectivity index (χ0n) is 15.5. The zero-order chi connectivity index (χ0) is 19.7. The number of benzene rings is 2. The fourth-order valence-electron chi connectivity index (χ4n) is 3.01. The smallest absolute Gasteiger partial charge is 0.261 e. The van der Waals surface area contributed by atoms with Crippen LogP contribution in [-0.4, -0.2) is 15.9 Å². The van der Waals surface area contributed by atoms with Gasteiger partial charge in [0.25, 0.3) is 5.91 Å². The number of amides is 1. The molecule has 2 aromatic carbocycles. The second-order valence-corrected chi connectivity index (χ2v) is 8.75. The SMILES string of the molecule is Cc1ccc2sc(N(Cc3cccnc3)C(=O)c3ccccc3I)nc2c1C. The molecular weight excluding hydrogens is 481 g/mol. The molecule has 2 aromatic heterocycles. The van der Waals surface area contributed by atoms with Crippen molar-refractivity contribution in [1.29, 1.82) is 0 Å². The number of hydrogen-bond acceptors (Lipinski definition) is 4. The topological polar surface area (TPSA) is 46.1 Å². The molecule has 0 aliphatic heterocycles. The molecule has 2 heterocycles. The Hall–Kier alpha value is -2.32. The van der Waals surface area contributed by atoms with Crippen LogP contribution in [0.2, 0.25) is 0 Å². The van der Waals surface area contributed by atoms with Crippen LogP contribution in [0.25, 0.3) is 10.2 Å². The first-order valence-electron chi connectivity index (χ1n) is 8.86. The van der Waals surface area contributed by atoms with E-state index in [0.29, 0.717) is 17.2 Å². The fraction of sp³-hybridized carbons (Fsp3) is 0.136. The normalized spacial score (nSPS) is 11.0. The molecule has 1 amide bonds. The van der Waals surface area contributed by atoms with Gasteiger partial charge in [-0.15, -0.1) is 0 Å². The van der Waals surface area contributed by atoms with Crippen LogP contribution in [0.1, 0.15) is 27.0 Å². The lowest BCUT2D eigenvalue weighted by Crippen LogP contribution is -2.31. The van der Waals surface area contributed by atoms with Crippen molar-refractivity contribution in [3.05, 3.63) is 86.7 Å². The van der Waals surface area contributed by atoms with Gasteiger partial charge in [-0.2, -0.15) is 0 Å². The van der Waals surface area contributed by atoms with E-state index in [1.165, 1.54) is 5.56 Å². The predicted molar refractivity (Wildman–Crippen MR) is 123 cm³/mol. The minimum Gasteiger partial charge on any atom is -0.279 e. The summed E-state index contributed by atoms with van der Waals surface area (Å²) in [7, 11) is 0. The van der Waals surface area contributed by atoms with Crippen molar-refractivity contribution in [2.45, 2.75) is 20.4 Å². The average Bonchev–Trinajstić information content (AvgIpc) is 3.14. The predicted octanol–water partition coefficient (Wildman–Crippen LogP) is 5.76. The van der Waals surface area contributed by atoms with Crippen molar-refractivity contribution >= 4 is 55.2 Å². The molecule has 0 aliphatic carbocycles. The molecule has 4 rings (SSSR count). The van der Waals surface area contributed by atoms with Gasteiger partial charge in [-0.05, 0) is 77.4 Å². The maximum absolute atomic E-state index is 13.5. The van der Waals surface area contributed by atoms with E-state index in [1.54, 1.807) is 28.6 Å². The first-order valence-corrected chi connectivity index (χ1v) is 10.8. The standard InChI is InChI=1S/C22H18IN3OS/c1-14-9-10-19-20(15(14)2)25-22(28-19)26(13-16-6-5-11-24-12-16)21(27)17-7-3-4-8-18(17)23/h3-12H,13H2,1-2H3. The highest BCUT2D eigenvalue weighted by Crippen LogP contribution is 2.33. The van der Waals surface area contributed by atoms with Gasteiger partial charge in [0, 0.05) is 16.0 Å². The first-order chi connectivity index (χ1) is 13.5. The number of carbonyl (C=O) groups is 1. The van der Waals surface area contributed by atoms with Gasteiger partial charge in [-0.3, -0.25) is 14.7 Å². The van der Waals surface area contributed by atoms with Crippen molar-refractivity contribution in [1.82, 2.24) is 9.97 Å². The first kappa shape index (κ1) is 19.0. The third-order valence-corrected chi connectivity index (χ3v) is 6.70. The number of anilines is 1. The number of aromatic nitrogens is 2. The van der Waals surface area contributed by atoms with Crippen molar-refractivity contribution in [2.24, 2.45) is 0 Å². The molecule has 4 aromatic rings. The largest absolute Gasteiger partial charge is 0.279 e. The lowest BCUT2D eigenvalue weighted by Gasteiger charge is -2.20. The number of rotatable bonds is 4. The molecule has 0 spiro atoms. The summed E-state index contributed by atoms with van der Waals surface area (Å²) in [6.45, 7) is 4.59. The molecular formula is C22H18IN3OS. The van der Waals surface area contributed by atoms with Crippen molar-refractivity contribution < 1.29 is 4.79 Å². The van der Waals surface area contributed by atoms with Gasteiger partial charge < -0.3 is 0 Å². The molecule has 0 saturated carbocycles. The summed E-state index contributed by atoms with van der Waals surface area (Å²) in [4.78, 5) is 24.3. The van der Waals surface area contributed by atoms with Gasteiger partial charge in [0.1, 0.15) is 0 Å². The Balaban J connectivity index is 1.82.